The van der Waals surface area contributed by atoms with Gasteiger partial charge < -0.3 is 15.2 Å². The number of hydrogen-bond donors (Lipinski definition) is 2. The van der Waals surface area contributed by atoms with Crippen molar-refractivity contribution in [2.75, 3.05) is 19.0 Å². The molecule has 0 radical (unpaired) electrons. The molecule has 2 rings (SSSR count). The van der Waals surface area contributed by atoms with Gasteiger partial charge in [-0.05, 0) is 37.5 Å². The predicted molar refractivity (Wildman–Crippen MR) is 70.5 cm³/mol. The largest absolute Gasteiger partial charge is 0.478 e. The van der Waals surface area contributed by atoms with Crippen molar-refractivity contribution in [1.82, 2.24) is 0 Å². The highest BCUT2D eigenvalue weighted by molar-refractivity contribution is 5.94. The number of rotatable bonds is 5. The molecule has 4 nitrogen and oxygen atoms in total. The van der Waals surface area contributed by atoms with Gasteiger partial charge in [0, 0.05) is 19.3 Å². The fraction of sp³-hybridized carbons (Fsp3) is 0.500. The average molecular weight is 303 g/mol. The van der Waals surface area contributed by atoms with Gasteiger partial charge in [-0.1, -0.05) is 0 Å². The number of carbonyl (C=O) groups is 1. The zero-order valence-corrected chi connectivity index (χ0v) is 11.5. The zero-order valence-electron chi connectivity index (χ0n) is 11.5. The van der Waals surface area contributed by atoms with E-state index < -0.39 is 23.3 Å². The second-order valence-corrected chi connectivity index (χ2v) is 5.16. The first-order chi connectivity index (χ1) is 9.77. The van der Waals surface area contributed by atoms with Gasteiger partial charge in [-0.3, -0.25) is 0 Å². The molecule has 7 heteroatoms. The van der Waals surface area contributed by atoms with Crippen molar-refractivity contribution >= 4 is 11.7 Å². The number of carboxylic acids is 1. The first-order valence-electron chi connectivity index (χ1n) is 6.51. The molecule has 1 aliphatic rings. The van der Waals surface area contributed by atoms with Crippen molar-refractivity contribution in [2.45, 2.75) is 31.0 Å². The molecule has 0 aliphatic heterocycles. The average Bonchev–Trinajstić information content (AvgIpc) is 2.36. The lowest BCUT2D eigenvalue weighted by Gasteiger charge is -2.40. The topological polar surface area (TPSA) is 58.6 Å². The van der Waals surface area contributed by atoms with Crippen LogP contribution in [0.1, 0.15) is 35.2 Å². The van der Waals surface area contributed by atoms with E-state index in [1.807, 2.05) is 0 Å². The Kier molecular flexibility index (Phi) is 4.13. The van der Waals surface area contributed by atoms with E-state index >= 15 is 0 Å². The number of halogens is 3. The van der Waals surface area contributed by atoms with Crippen molar-refractivity contribution < 1.29 is 27.8 Å². The third-order valence-electron chi connectivity index (χ3n) is 3.88. The molecule has 1 saturated carbocycles. The summed E-state index contributed by atoms with van der Waals surface area (Å²) < 4.78 is 43.3. The van der Waals surface area contributed by atoms with Gasteiger partial charge in [0.1, 0.15) is 0 Å². The van der Waals surface area contributed by atoms with Gasteiger partial charge in [0.15, 0.2) is 0 Å². The maximum atomic E-state index is 12.6. The third-order valence-corrected chi connectivity index (χ3v) is 3.88. The molecular weight excluding hydrogens is 287 g/mol. The summed E-state index contributed by atoms with van der Waals surface area (Å²) in [6, 6.07) is 2.66. The zero-order chi connectivity index (χ0) is 15.7. The monoisotopic (exact) mass is 303 g/mol. The molecule has 0 amide bonds. The fourth-order valence-electron chi connectivity index (χ4n) is 2.33. The van der Waals surface area contributed by atoms with E-state index in [0.29, 0.717) is 12.6 Å². The minimum absolute atomic E-state index is 0.166. The normalized spacial score (nSPS) is 17.1. The number of hydrogen-bond acceptors (Lipinski definition) is 3. The lowest BCUT2D eigenvalue weighted by molar-refractivity contribution is -0.137. The summed E-state index contributed by atoms with van der Waals surface area (Å²) in [4.78, 5) is 11.1. The van der Waals surface area contributed by atoms with Gasteiger partial charge in [0.25, 0.3) is 0 Å². The minimum atomic E-state index is -4.57. The van der Waals surface area contributed by atoms with E-state index in [4.69, 9.17) is 9.84 Å². The molecule has 0 aromatic heterocycles. The number of ether oxygens (including phenoxy) is 1. The van der Waals surface area contributed by atoms with E-state index in [-0.39, 0.29) is 11.3 Å². The van der Waals surface area contributed by atoms with E-state index in [0.717, 1.165) is 31.4 Å². The number of aromatic carboxylic acids is 1. The number of nitrogens with one attached hydrogen (secondary N) is 1. The van der Waals surface area contributed by atoms with Crippen LogP contribution in [0.2, 0.25) is 0 Å². The Balaban J connectivity index is 2.21. The summed E-state index contributed by atoms with van der Waals surface area (Å²) in [6.45, 7) is 0.370. The molecule has 0 atom stereocenters. The Bertz CT molecular complexity index is 533. The maximum absolute atomic E-state index is 12.6. The molecule has 0 unspecified atom stereocenters. The molecule has 1 aromatic carbocycles. The van der Waals surface area contributed by atoms with Gasteiger partial charge in [0.05, 0.1) is 16.7 Å². The van der Waals surface area contributed by atoms with Gasteiger partial charge in [0.2, 0.25) is 0 Å². The van der Waals surface area contributed by atoms with Crippen molar-refractivity contribution in [3.8, 4) is 0 Å². The molecule has 21 heavy (non-hydrogen) atoms. The van der Waals surface area contributed by atoms with Crippen molar-refractivity contribution in [3.05, 3.63) is 29.3 Å². The molecule has 1 fully saturated rings. The third kappa shape index (κ3) is 3.29. The Morgan fingerprint density at radius 2 is 2.10 bits per heavy atom. The Labute approximate surface area is 119 Å². The first-order valence-corrected chi connectivity index (χ1v) is 6.51. The van der Waals surface area contributed by atoms with Gasteiger partial charge in [-0.25, -0.2) is 4.79 Å². The summed E-state index contributed by atoms with van der Waals surface area (Å²) in [5.41, 5.74) is -1.55. The molecule has 0 bridgehead atoms. The van der Waals surface area contributed by atoms with Crippen LogP contribution in [0.5, 0.6) is 0 Å². The molecule has 0 spiro atoms. The highest BCUT2D eigenvalue weighted by Crippen LogP contribution is 2.36. The summed E-state index contributed by atoms with van der Waals surface area (Å²) in [5, 5.41) is 12.0. The maximum Gasteiger partial charge on any atom is 0.416 e. The van der Waals surface area contributed by atoms with Gasteiger partial charge in [-0.15, -0.1) is 0 Å². The van der Waals surface area contributed by atoms with Crippen LogP contribution in [-0.2, 0) is 10.9 Å². The number of methoxy groups -OCH3 is 1. The van der Waals surface area contributed by atoms with E-state index in [1.54, 1.807) is 7.11 Å². The van der Waals surface area contributed by atoms with Crippen LogP contribution in [0.3, 0.4) is 0 Å². The first kappa shape index (κ1) is 15.6. The second kappa shape index (κ2) is 5.55. The molecule has 1 aromatic rings. The number of alkyl halides is 3. The minimum Gasteiger partial charge on any atom is -0.478 e. The van der Waals surface area contributed by atoms with Gasteiger partial charge >= 0.3 is 12.1 Å². The van der Waals surface area contributed by atoms with Crippen LogP contribution >= 0.6 is 0 Å². The molecular formula is C14H16F3NO3. The van der Waals surface area contributed by atoms with E-state index in [1.165, 1.54) is 0 Å². The SMILES string of the molecule is COC1(CNc2ccc(C(F)(F)F)cc2C(=O)O)CCC1. The molecule has 0 saturated heterocycles. The van der Waals surface area contributed by atoms with Crippen molar-refractivity contribution in [1.29, 1.82) is 0 Å². The van der Waals surface area contributed by atoms with E-state index in [2.05, 4.69) is 5.32 Å². The smallest absolute Gasteiger partial charge is 0.416 e. The quantitative estimate of drug-likeness (QED) is 0.875. The number of carboxylic acid groups (broad SMARTS) is 1. The van der Waals surface area contributed by atoms with Crippen molar-refractivity contribution in [2.24, 2.45) is 0 Å². The molecule has 0 heterocycles. The van der Waals surface area contributed by atoms with E-state index in [9.17, 15) is 18.0 Å². The molecule has 1 aliphatic carbocycles. The summed E-state index contributed by atoms with van der Waals surface area (Å²) in [5.74, 6) is -1.40. The summed E-state index contributed by atoms with van der Waals surface area (Å²) >= 11 is 0. The van der Waals surface area contributed by atoms with Crippen LogP contribution in [-0.4, -0.2) is 30.3 Å². The second-order valence-electron chi connectivity index (χ2n) is 5.16. The summed E-state index contributed by atoms with van der Waals surface area (Å²) in [7, 11) is 1.58. The standard InChI is InChI=1S/C14H16F3NO3/c1-21-13(5-2-6-13)8-18-11-4-3-9(14(15,16)17)7-10(11)12(19)20/h3-4,7,18H,2,5-6,8H2,1H3,(H,19,20). The lowest BCUT2D eigenvalue weighted by Crippen LogP contribution is -2.45. The number of anilines is 1. The summed E-state index contributed by atoms with van der Waals surface area (Å²) in [6.07, 6.45) is -1.85. The van der Waals surface area contributed by atoms with Crippen LogP contribution in [0.25, 0.3) is 0 Å². The van der Waals surface area contributed by atoms with Crippen LogP contribution in [0.15, 0.2) is 18.2 Å². The lowest BCUT2D eigenvalue weighted by atomic mass is 9.80. The highest BCUT2D eigenvalue weighted by atomic mass is 19.4. The Hall–Kier alpha value is -1.76. The number of benzene rings is 1. The Morgan fingerprint density at radius 3 is 2.52 bits per heavy atom. The van der Waals surface area contributed by atoms with Crippen LogP contribution in [0.4, 0.5) is 18.9 Å². The van der Waals surface area contributed by atoms with Crippen LogP contribution in [0, 0.1) is 0 Å². The predicted octanol–water partition coefficient (Wildman–Crippen LogP) is 3.38. The highest BCUT2D eigenvalue weighted by Gasteiger charge is 2.37. The van der Waals surface area contributed by atoms with Gasteiger partial charge in [-0.2, -0.15) is 13.2 Å². The van der Waals surface area contributed by atoms with Crippen molar-refractivity contribution in [3.63, 3.8) is 0 Å². The molecule has 2 N–H and O–H groups in total. The van der Waals surface area contributed by atoms with Crippen LogP contribution < -0.4 is 5.32 Å². The molecule has 116 valence electrons. The fourth-order valence-corrected chi connectivity index (χ4v) is 2.33. The Morgan fingerprint density at radius 1 is 1.43 bits per heavy atom.